The quantitative estimate of drug-likeness (QED) is 0.754. The van der Waals surface area contributed by atoms with Crippen molar-refractivity contribution in [2.45, 2.75) is 6.92 Å². The van der Waals surface area contributed by atoms with Gasteiger partial charge in [-0.3, -0.25) is 0 Å². The van der Waals surface area contributed by atoms with Crippen LogP contribution in [0.4, 0.5) is 0 Å². The minimum absolute atomic E-state index is 0.437. The molecule has 0 aliphatic carbocycles. The van der Waals surface area contributed by atoms with Crippen molar-refractivity contribution >= 4 is 25.5 Å². The molecule has 80 valence electrons. The van der Waals surface area contributed by atoms with Crippen LogP contribution in [0.3, 0.4) is 0 Å². The molecule has 2 rings (SSSR count). The Hall–Kier alpha value is -1.30. The summed E-state index contributed by atoms with van der Waals surface area (Å²) >= 11 is 0.437. The zero-order valence-corrected chi connectivity index (χ0v) is 11.0. The van der Waals surface area contributed by atoms with Crippen molar-refractivity contribution in [1.29, 1.82) is 0 Å². The maximum absolute atomic E-state index is 2.27. The van der Waals surface area contributed by atoms with Gasteiger partial charge in [0.25, 0.3) is 0 Å². The van der Waals surface area contributed by atoms with Gasteiger partial charge in [0.1, 0.15) is 0 Å². The molecule has 0 heterocycles. The van der Waals surface area contributed by atoms with Gasteiger partial charge in [-0.15, -0.1) is 0 Å². The fourth-order valence-electron chi connectivity index (χ4n) is 1.37. The van der Waals surface area contributed by atoms with Crippen molar-refractivity contribution in [2.75, 3.05) is 0 Å². The minimum atomic E-state index is 0.437. The Balaban J connectivity index is 1.98. The molecule has 0 unspecified atom stereocenters. The van der Waals surface area contributed by atoms with Crippen LogP contribution >= 0.6 is 0 Å². The number of hydrogen-bond donors (Lipinski definition) is 0. The molecule has 0 nitrogen and oxygen atoms in total. The third-order valence-electron chi connectivity index (χ3n) is 2.29. The van der Waals surface area contributed by atoms with Crippen LogP contribution in [0.5, 0.6) is 0 Å². The first kappa shape index (κ1) is 11.2. The van der Waals surface area contributed by atoms with Gasteiger partial charge >= 0.3 is 103 Å². The summed E-state index contributed by atoms with van der Waals surface area (Å²) in [7, 11) is 0. The molecule has 2 aromatic rings. The zero-order chi connectivity index (χ0) is 11.2. The second-order valence-corrected chi connectivity index (χ2v) is 5.70. The predicted molar refractivity (Wildman–Crippen MR) is 72.0 cm³/mol. The first-order valence-electron chi connectivity index (χ1n) is 5.29. The summed E-state index contributed by atoms with van der Waals surface area (Å²) in [6, 6.07) is 19.2. The third kappa shape index (κ3) is 3.37. The molecule has 0 aliphatic heterocycles. The van der Waals surface area contributed by atoms with E-state index in [0.29, 0.717) is 15.0 Å². The molecule has 0 spiro atoms. The van der Waals surface area contributed by atoms with Crippen LogP contribution in [0, 0.1) is 6.92 Å². The van der Waals surface area contributed by atoms with Gasteiger partial charge in [0, 0.05) is 0 Å². The molecule has 0 N–H and O–H groups in total. The van der Waals surface area contributed by atoms with Gasteiger partial charge < -0.3 is 0 Å². The van der Waals surface area contributed by atoms with E-state index >= 15 is 0 Å². The van der Waals surface area contributed by atoms with Gasteiger partial charge in [-0.25, -0.2) is 0 Å². The van der Waals surface area contributed by atoms with E-state index < -0.39 is 0 Å². The van der Waals surface area contributed by atoms with Crippen LogP contribution in [0.2, 0.25) is 0 Å². The zero-order valence-electron chi connectivity index (χ0n) is 9.26. The standard InChI is InChI=1S/C15H14Se/c1-13-7-9-14(10-8-13)11-12-16-15-5-3-2-4-6-15/h2-12H,1H3/b12-11+. The second-order valence-electron chi connectivity index (χ2n) is 3.64. The summed E-state index contributed by atoms with van der Waals surface area (Å²) < 4.78 is 1.42. The Bertz CT molecular complexity index is 455. The summed E-state index contributed by atoms with van der Waals surface area (Å²) in [6.07, 6.45) is 2.20. The van der Waals surface area contributed by atoms with E-state index in [0.717, 1.165) is 0 Å². The Labute approximate surface area is 103 Å². The molecule has 0 aliphatic rings. The van der Waals surface area contributed by atoms with Crippen molar-refractivity contribution in [1.82, 2.24) is 0 Å². The van der Waals surface area contributed by atoms with E-state index in [-0.39, 0.29) is 0 Å². The predicted octanol–water partition coefficient (Wildman–Crippen LogP) is 3.00. The average Bonchev–Trinajstić information content (AvgIpc) is 2.33. The van der Waals surface area contributed by atoms with Gasteiger partial charge in [0.05, 0.1) is 0 Å². The summed E-state index contributed by atoms with van der Waals surface area (Å²) in [5.41, 5.74) is 2.59. The first-order chi connectivity index (χ1) is 7.84. The molecule has 0 saturated carbocycles. The van der Waals surface area contributed by atoms with Gasteiger partial charge in [0.15, 0.2) is 0 Å². The van der Waals surface area contributed by atoms with Crippen LogP contribution in [0.25, 0.3) is 6.08 Å². The Morgan fingerprint density at radius 2 is 1.56 bits per heavy atom. The van der Waals surface area contributed by atoms with E-state index in [4.69, 9.17) is 0 Å². The summed E-state index contributed by atoms with van der Waals surface area (Å²) in [4.78, 5) is 2.27. The van der Waals surface area contributed by atoms with E-state index in [1.54, 1.807) is 0 Å². The van der Waals surface area contributed by atoms with E-state index in [9.17, 15) is 0 Å². The van der Waals surface area contributed by atoms with Crippen molar-refractivity contribution in [3.8, 4) is 0 Å². The molecule has 2 aromatic carbocycles. The van der Waals surface area contributed by atoms with Crippen molar-refractivity contribution in [3.05, 3.63) is 70.7 Å². The molecule has 0 atom stereocenters. The molecule has 1 heteroatoms. The number of rotatable bonds is 3. The van der Waals surface area contributed by atoms with Crippen LogP contribution in [-0.4, -0.2) is 15.0 Å². The van der Waals surface area contributed by atoms with Gasteiger partial charge in [-0.2, -0.15) is 0 Å². The molecular weight excluding hydrogens is 259 g/mol. The molecule has 0 amide bonds. The monoisotopic (exact) mass is 274 g/mol. The van der Waals surface area contributed by atoms with Crippen molar-refractivity contribution < 1.29 is 0 Å². The van der Waals surface area contributed by atoms with Gasteiger partial charge in [-0.05, 0) is 0 Å². The Kier molecular flexibility index (Phi) is 3.98. The van der Waals surface area contributed by atoms with Crippen LogP contribution in [0.1, 0.15) is 11.1 Å². The van der Waals surface area contributed by atoms with E-state index in [1.807, 2.05) is 0 Å². The molecular formula is C15H14Se. The van der Waals surface area contributed by atoms with E-state index in [1.165, 1.54) is 15.6 Å². The molecule has 0 fully saturated rings. The molecule has 0 bridgehead atoms. The molecule has 0 radical (unpaired) electrons. The number of hydrogen-bond acceptors (Lipinski definition) is 0. The SMILES string of the molecule is Cc1ccc(/C=C/[Se]c2ccccc2)cc1. The Morgan fingerprint density at radius 1 is 0.875 bits per heavy atom. The number of aryl methyl sites for hydroxylation is 1. The summed E-state index contributed by atoms with van der Waals surface area (Å²) in [5.74, 6) is 0. The second kappa shape index (κ2) is 5.69. The summed E-state index contributed by atoms with van der Waals surface area (Å²) in [5, 5.41) is 0. The fourth-order valence-corrected chi connectivity index (χ4v) is 2.83. The first-order valence-corrected chi connectivity index (χ1v) is 7.14. The topological polar surface area (TPSA) is 0 Å². The van der Waals surface area contributed by atoms with Crippen LogP contribution in [-0.2, 0) is 0 Å². The number of benzene rings is 2. The summed E-state index contributed by atoms with van der Waals surface area (Å²) in [6.45, 7) is 2.11. The fraction of sp³-hybridized carbons (Fsp3) is 0.0667. The normalized spacial score (nSPS) is 10.8. The molecule has 0 saturated heterocycles. The Morgan fingerprint density at radius 3 is 2.25 bits per heavy atom. The van der Waals surface area contributed by atoms with Crippen molar-refractivity contribution in [3.63, 3.8) is 0 Å². The molecule has 16 heavy (non-hydrogen) atoms. The van der Waals surface area contributed by atoms with Crippen molar-refractivity contribution in [2.24, 2.45) is 0 Å². The third-order valence-corrected chi connectivity index (χ3v) is 4.00. The van der Waals surface area contributed by atoms with Crippen LogP contribution < -0.4 is 4.46 Å². The maximum atomic E-state index is 2.27. The van der Waals surface area contributed by atoms with Gasteiger partial charge in [0.2, 0.25) is 0 Å². The van der Waals surface area contributed by atoms with E-state index in [2.05, 4.69) is 72.6 Å². The van der Waals surface area contributed by atoms with Crippen LogP contribution in [0.15, 0.2) is 59.6 Å². The van der Waals surface area contributed by atoms with Gasteiger partial charge in [-0.1, -0.05) is 0 Å². The molecule has 0 aromatic heterocycles. The average molecular weight is 273 g/mol.